The maximum atomic E-state index is 12.7. The standard InChI is InChI=1S/C10H9F2N3O2/c1-17-8(16)3-7-9(10(11)12)6(14)2-5(4-13)15-7/h2,10H,3H2,1H3,(H2,14,15). The highest BCUT2D eigenvalue weighted by Gasteiger charge is 2.21. The molecular weight excluding hydrogens is 232 g/mol. The first-order valence-electron chi connectivity index (χ1n) is 4.54. The zero-order valence-corrected chi connectivity index (χ0v) is 8.91. The van der Waals surface area contributed by atoms with E-state index >= 15 is 0 Å². The van der Waals surface area contributed by atoms with Crippen LogP contribution in [0, 0.1) is 11.3 Å². The number of nitriles is 1. The number of ether oxygens (including phenoxy) is 1. The van der Waals surface area contributed by atoms with Gasteiger partial charge in [0.2, 0.25) is 0 Å². The number of aromatic nitrogens is 1. The van der Waals surface area contributed by atoms with Crippen molar-refractivity contribution in [3.63, 3.8) is 0 Å². The topological polar surface area (TPSA) is 89.0 Å². The molecule has 17 heavy (non-hydrogen) atoms. The molecule has 5 nitrogen and oxygen atoms in total. The number of nitrogen functional groups attached to an aromatic ring is 1. The quantitative estimate of drug-likeness (QED) is 0.803. The van der Waals surface area contributed by atoms with Crippen molar-refractivity contribution in [2.45, 2.75) is 12.8 Å². The van der Waals surface area contributed by atoms with E-state index in [1.54, 1.807) is 6.07 Å². The summed E-state index contributed by atoms with van der Waals surface area (Å²) in [4.78, 5) is 14.7. The molecule has 0 radical (unpaired) electrons. The van der Waals surface area contributed by atoms with Crippen molar-refractivity contribution in [2.75, 3.05) is 12.8 Å². The molecule has 0 aliphatic carbocycles. The van der Waals surface area contributed by atoms with Crippen LogP contribution >= 0.6 is 0 Å². The lowest BCUT2D eigenvalue weighted by Gasteiger charge is -2.10. The molecule has 0 amide bonds. The summed E-state index contributed by atoms with van der Waals surface area (Å²) in [6.45, 7) is 0. The third-order valence-corrected chi connectivity index (χ3v) is 2.04. The predicted molar refractivity (Wildman–Crippen MR) is 54.0 cm³/mol. The molecule has 0 atom stereocenters. The van der Waals surface area contributed by atoms with Gasteiger partial charge in [-0.05, 0) is 6.07 Å². The molecule has 1 aromatic rings. The third-order valence-electron chi connectivity index (χ3n) is 2.04. The van der Waals surface area contributed by atoms with Gasteiger partial charge in [0, 0.05) is 5.69 Å². The number of alkyl halides is 2. The van der Waals surface area contributed by atoms with E-state index in [1.165, 1.54) is 0 Å². The lowest BCUT2D eigenvalue weighted by atomic mass is 10.1. The largest absolute Gasteiger partial charge is 0.469 e. The van der Waals surface area contributed by atoms with Gasteiger partial charge < -0.3 is 10.5 Å². The Morgan fingerprint density at radius 1 is 1.71 bits per heavy atom. The van der Waals surface area contributed by atoms with Gasteiger partial charge in [0.25, 0.3) is 6.43 Å². The Hall–Kier alpha value is -2.23. The fraction of sp³-hybridized carbons (Fsp3) is 0.300. The van der Waals surface area contributed by atoms with E-state index in [0.29, 0.717) is 0 Å². The molecule has 0 saturated carbocycles. The van der Waals surface area contributed by atoms with Crippen LogP contribution in [0.2, 0.25) is 0 Å². The summed E-state index contributed by atoms with van der Waals surface area (Å²) in [6, 6.07) is 2.72. The van der Waals surface area contributed by atoms with E-state index in [4.69, 9.17) is 11.0 Å². The normalized spacial score (nSPS) is 10.1. The second kappa shape index (κ2) is 5.21. The second-order valence-corrected chi connectivity index (χ2v) is 3.12. The van der Waals surface area contributed by atoms with Crippen molar-refractivity contribution < 1.29 is 18.3 Å². The molecule has 0 spiro atoms. The Balaban J connectivity index is 3.28. The molecule has 1 rings (SSSR count). The van der Waals surface area contributed by atoms with Gasteiger partial charge in [-0.3, -0.25) is 4.79 Å². The highest BCUT2D eigenvalue weighted by atomic mass is 19.3. The fourth-order valence-electron chi connectivity index (χ4n) is 1.28. The lowest BCUT2D eigenvalue weighted by Crippen LogP contribution is -2.12. The Labute approximate surface area is 95.8 Å². The van der Waals surface area contributed by atoms with Gasteiger partial charge in [0.05, 0.1) is 24.8 Å². The number of nitrogens with two attached hydrogens (primary N) is 1. The Morgan fingerprint density at radius 2 is 2.35 bits per heavy atom. The Bertz CT molecular complexity index is 483. The number of rotatable bonds is 3. The molecule has 7 heteroatoms. The van der Waals surface area contributed by atoms with Crippen LogP contribution in [0.5, 0.6) is 0 Å². The number of methoxy groups -OCH3 is 1. The summed E-state index contributed by atoms with van der Waals surface area (Å²) in [6.07, 6.45) is -3.31. The maximum Gasteiger partial charge on any atom is 0.311 e. The Morgan fingerprint density at radius 3 is 2.82 bits per heavy atom. The minimum absolute atomic E-state index is 0.120. The molecule has 0 unspecified atom stereocenters. The van der Waals surface area contributed by atoms with Crippen molar-refractivity contribution in [3.8, 4) is 6.07 Å². The number of anilines is 1. The maximum absolute atomic E-state index is 12.7. The van der Waals surface area contributed by atoms with Crippen LogP contribution in [-0.4, -0.2) is 18.1 Å². The average molecular weight is 241 g/mol. The van der Waals surface area contributed by atoms with Crippen LogP contribution in [0.1, 0.15) is 23.4 Å². The molecule has 0 aromatic carbocycles. The van der Waals surface area contributed by atoms with Gasteiger partial charge in [-0.2, -0.15) is 5.26 Å². The first kappa shape index (κ1) is 12.8. The fourth-order valence-corrected chi connectivity index (χ4v) is 1.28. The summed E-state index contributed by atoms with van der Waals surface area (Å²) in [5, 5.41) is 8.64. The van der Waals surface area contributed by atoms with E-state index in [-0.39, 0.29) is 17.1 Å². The minimum atomic E-state index is -2.87. The second-order valence-electron chi connectivity index (χ2n) is 3.12. The molecule has 1 aromatic heterocycles. The zero-order chi connectivity index (χ0) is 13.0. The number of carbonyl (C=O) groups excluding carboxylic acids is 1. The number of esters is 1. The summed E-state index contributed by atoms with van der Waals surface area (Å²) < 4.78 is 29.8. The molecule has 0 aliphatic heterocycles. The number of hydrogen-bond donors (Lipinski definition) is 1. The molecule has 0 aliphatic rings. The van der Waals surface area contributed by atoms with E-state index in [2.05, 4.69) is 9.72 Å². The molecule has 0 bridgehead atoms. The SMILES string of the molecule is COC(=O)Cc1nc(C#N)cc(N)c1C(F)F. The van der Waals surface area contributed by atoms with Crippen LogP contribution in [0.4, 0.5) is 14.5 Å². The van der Waals surface area contributed by atoms with Crippen molar-refractivity contribution in [2.24, 2.45) is 0 Å². The first-order chi connectivity index (χ1) is 7.99. The van der Waals surface area contributed by atoms with Gasteiger partial charge in [0.15, 0.2) is 0 Å². The summed E-state index contributed by atoms with van der Waals surface area (Å²) >= 11 is 0. The first-order valence-corrected chi connectivity index (χ1v) is 4.54. The summed E-state index contributed by atoms with van der Waals surface area (Å²) in [5.74, 6) is -0.728. The van der Waals surface area contributed by atoms with E-state index < -0.39 is 24.4 Å². The number of carbonyl (C=O) groups is 1. The molecule has 2 N–H and O–H groups in total. The van der Waals surface area contributed by atoms with E-state index in [9.17, 15) is 13.6 Å². The predicted octanol–water partition coefficient (Wildman–Crippen LogP) is 1.19. The smallest absolute Gasteiger partial charge is 0.311 e. The monoisotopic (exact) mass is 241 g/mol. The van der Waals surface area contributed by atoms with Gasteiger partial charge in [-0.1, -0.05) is 0 Å². The highest BCUT2D eigenvalue weighted by molar-refractivity contribution is 5.73. The molecular formula is C10H9F2N3O2. The molecule has 0 saturated heterocycles. The van der Waals surface area contributed by atoms with Crippen LogP contribution < -0.4 is 5.73 Å². The van der Waals surface area contributed by atoms with E-state index in [0.717, 1.165) is 13.2 Å². The molecule has 1 heterocycles. The van der Waals surface area contributed by atoms with Crippen molar-refractivity contribution in [3.05, 3.63) is 23.0 Å². The number of pyridine rings is 1. The lowest BCUT2D eigenvalue weighted by molar-refractivity contribution is -0.139. The summed E-state index contributed by atoms with van der Waals surface area (Å²) in [5.41, 5.74) is 4.25. The van der Waals surface area contributed by atoms with Crippen LogP contribution in [-0.2, 0) is 16.0 Å². The average Bonchev–Trinajstić information content (AvgIpc) is 2.27. The summed E-state index contributed by atoms with van der Waals surface area (Å²) in [7, 11) is 1.13. The van der Waals surface area contributed by atoms with Crippen molar-refractivity contribution in [1.82, 2.24) is 4.98 Å². The highest BCUT2D eigenvalue weighted by Crippen LogP contribution is 2.28. The third kappa shape index (κ3) is 2.87. The Kier molecular flexibility index (Phi) is 3.93. The van der Waals surface area contributed by atoms with E-state index in [1.807, 2.05) is 0 Å². The van der Waals surface area contributed by atoms with Crippen molar-refractivity contribution >= 4 is 11.7 Å². The van der Waals surface area contributed by atoms with Crippen LogP contribution in [0.3, 0.4) is 0 Å². The molecule has 90 valence electrons. The van der Waals surface area contributed by atoms with Gasteiger partial charge in [0.1, 0.15) is 11.8 Å². The van der Waals surface area contributed by atoms with Gasteiger partial charge in [-0.15, -0.1) is 0 Å². The minimum Gasteiger partial charge on any atom is -0.469 e. The van der Waals surface area contributed by atoms with Crippen molar-refractivity contribution in [1.29, 1.82) is 5.26 Å². The number of hydrogen-bond acceptors (Lipinski definition) is 5. The number of halogens is 2. The molecule has 0 fully saturated rings. The van der Waals surface area contributed by atoms with Crippen LogP contribution in [0.15, 0.2) is 6.07 Å². The number of nitrogens with zero attached hydrogens (tertiary/aromatic N) is 2. The van der Waals surface area contributed by atoms with Crippen LogP contribution in [0.25, 0.3) is 0 Å². The van der Waals surface area contributed by atoms with Gasteiger partial charge >= 0.3 is 5.97 Å². The van der Waals surface area contributed by atoms with Gasteiger partial charge in [-0.25, -0.2) is 13.8 Å². The zero-order valence-electron chi connectivity index (χ0n) is 8.91.